The summed E-state index contributed by atoms with van der Waals surface area (Å²) in [4.78, 5) is 36.4. The highest BCUT2D eigenvalue weighted by Crippen LogP contribution is 2.19. The minimum atomic E-state index is -0.558. The van der Waals surface area contributed by atoms with Crippen LogP contribution in [0.2, 0.25) is 0 Å². The van der Waals surface area contributed by atoms with Crippen molar-refractivity contribution >= 4 is 33.7 Å². The first kappa shape index (κ1) is 17.4. The molecule has 0 radical (unpaired) electrons. The number of hydrogen-bond donors (Lipinski definition) is 1. The minimum absolute atomic E-state index is 0.0791. The van der Waals surface area contributed by atoms with Gasteiger partial charge in [0.05, 0.1) is 11.0 Å². The van der Waals surface area contributed by atoms with E-state index in [1.807, 2.05) is 0 Å². The van der Waals surface area contributed by atoms with Gasteiger partial charge < -0.3 is 14.6 Å². The van der Waals surface area contributed by atoms with E-state index in [1.165, 1.54) is 0 Å². The third-order valence-electron chi connectivity index (χ3n) is 3.97. The molecule has 3 aromatic rings. The fraction of sp³-hybridized carbons (Fsp3) is 0.150. The Morgan fingerprint density at radius 1 is 1.04 bits per heavy atom. The van der Waals surface area contributed by atoms with Crippen LogP contribution in [0.15, 0.2) is 66.0 Å². The van der Waals surface area contributed by atoms with Crippen molar-refractivity contribution in [1.82, 2.24) is 9.88 Å². The molecule has 0 unspecified atom stereocenters. The molecule has 0 saturated carbocycles. The SMILES string of the molecule is C=CCNC(=O)COC(=O)Cn1c2ccccc2c(=O)c2ccccc21. The zero-order valence-corrected chi connectivity index (χ0v) is 14.1. The molecule has 1 amide bonds. The number of para-hydroxylation sites is 2. The molecule has 6 heteroatoms. The van der Waals surface area contributed by atoms with Gasteiger partial charge in [-0.2, -0.15) is 0 Å². The van der Waals surface area contributed by atoms with Crippen LogP contribution in [0.5, 0.6) is 0 Å². The van der Waals surface area contributed by atoms with Crippen molar-refractivity contribution in [2.75, 3.05) is 13.2 Å². The van der Waals surface area contributed by atoms with Gasteiger partial charge in [0, 0.05) is 17.3 Å². The summed E-state index contributed by atoms with van der Waals surface area (Å²) in [6.07, 6.45) is 1.54. The Labute approximate surface area is 149 Å². The van der Waals surface area contributed by atoms with Crippen molar-refractivity contribution in [2.45, 2.75) is 6.54 Å². The maximum atomic E-state index is 12.7. The van der Waals surface area contributed by atoms with E-state index in [1.54, 1.807) is 59.2 Å². The number of esters is 1. The van der Waals surface area contributed by atoms with Gasteiger partial charge in [-0.25, -0.2) is 0 Å². The number of nitrogens with one attached hydrogen (secondary N) is 1. The molecule has 1 heterocycles. The van der Waals surface area contributed by atoms with Gasteiger partial charge in [-0.3, -0.25) is 14.4 Å². The first-order valence-corrected chi connectivity index (χ1v) is 8.15. The normalized spacial score (nSPS) is 10.6. The molecule has 6 nitrogen and oxygen atoms in total. The molecule has 0 fully saturated rings. The maximum Gasteiger partial charge on any atom is 0.326 e. The molecule has 132 valence electrons. The quantitative estimate of drug-likeness (QED) is 0.419. The molecule has 0 atom stereocenters. The van der Waals surface area contributed by atoms with E-state index >= 15 is 0 Å². The molecule has 0 bridgehead atoms. The van der Waals surface area contributed by atoms with Gasteiger partial charge in [0.15, 0.2) is 12.0 Å². The average molecular weight is 350 g/mol. The molecule has 0 saturated heterocycles. The molecular weight excluding hydrogens is 332 g/mol. The molecule has 2 aromatic carbocycles. The van der Waals surface area contributed by atoms with Crippen molar-refractivity contribution in [3.63, 3.8) is 0 Å². The van der Waals surface area contributed by atoms with Crippen LogP contribution < -0.4 is 10.7 Å². The van der Waals surface area contributed by atoms with Crippen LogP contribution in [0.25, 0.3) is 21.8 Å². The van der Waals surface area contributed by atoms with Crippen LogP contribution in [0.4, 0.5) is 0 Å². The number of pyridine rings is 1. The van der Waals surface area contributed by atoms with E-state index in [4.69, 9.17) is 4.74 Å². The molecule has 0 aliphatic carbocycles. The topological polar surface area (TPSA) is 77.4 Å². The number of carbonyl (C=O) groups is 2. The Morgan fingerprint density at radius 2 is 1.62 bits per heavy atom. The lowest BCUT2D eigenvalue weighted by Crippen LogP contribution is -2.29. The Kier molecular flexibility index (Phi) is 5.12. The van der Waals surface area contributed by atoms with Crippen molar-refractivity contribution in [3.05, 3.63) is 71.4 Å². The number of benzene rings is 2. The van der Waals surface area contributed by atoms with Crippen molar-refractivity contribution in [2.24, 2.45) is 0 Å². The number of amides is 1. The van der Waals surface area contributed by atoms with E-state index in [2.05, 4.69) is 11.9 Å². The number of nitrogens with zero attached hydrogens (tertiary/aromatic N) is 1. The second kappa shape index (κ2) is 7.65. The minimum Gasteiger partial charge on any atom is -0.454 e. The molecule has 0 spiro atoms. The van der Waals surface area contributed by atoms with E-state index in [-0.39, 0.29) is 18.6 Å². The number of ether oxygens (including phenoxy) is 1. The van der Waals surface area contributed by atoms with Gasteiger partial charge in [0.2, 0.25) is 0 Å². The van der Waals surface area contributed by atoms with Gasteiger partial charge in [0.1, 0.15) is 6.54 Å². The Hall–Kier alpha value is -3.41. The van der Waals surface area contributed by atoms with Crippen LogP contribution in [-0.4, -0.2) is 29.6 Å². The van der Waals surface area contributed by atoms with E-state index in [9.17, 15) is 14.4 Å². The number of aromatic nitrogens is 1. The van der Waals surface area contributed by atoms with Crippen molar-refractivity contribution in [3.8, 4) is 0 Å². The molecule has 3 rings (SSSR count). The van der Waals surface area contributed by atoms with E-state index < -0.39 is 11.9 Å². The first-order valence-electron chi connectivity index (χ1n) is 8.15. The van der Waals surface area contributed by atoms with Crippen LogP contribution in [-0.2, 0) is 20.9 Å². The summed E-state index contributed by atoms with van der Waals surface area (Å²) >= 11 is 0. The Balaban J connectivity index is 1.92. The summed E-state index contributed by atoms with van der Waals surface area (Å²) < 4.78 is 6.78. The number of hydrogen-bond acceptors (Lipinski definition) is 4. The lowest BCUT2D eigenvalue weighted by Gasteiger charge is -2.14. The van der Waals surface area contributed by atoms with Crippen molar-refractivity contribution < 1.29 is 14.3 Å². The second-order valence-electron chi connectivity index (χ2n) is 5.70. The van der Waals surface area contributed by atoms with E-state index in [0.29, 0.717) is 28.4 Å². The van der Waals surface area contributed by atoms with Crippen LogP contribution in [0, 0.1) is 0 Å². The van der Waals surface area contributed by atoms with E-state index in [0.717, 1.165) is 0 Å². The van der Waals surface area contributed by atoms with Gasteiger partial charge in [-0.15, -0.1) is 6.58 Å². The number of carbonyl (C=O) groups excluding carboxylic acids is 2. The molecule has 0 aliphatic heterocycles. The van der Waals surface area contributed by atoms with Crippen LogP contribution >= 0.6 is 0 Å². The fourth-order valence-electron chi connectivity index (χ4n) is 2.81. The predicted molar refractivity (Wildman–Crippen MR) is 99.9 cm³/mol. The number of rotatable bonds is 6. The fourth-order valence-corrected chi connectivity index (χ4v) is 2.81. The lowest BCUT2D eigenvalue weighted by molar-refractivity contribution is -0.148. The lowest BCUT2D eigenvalue weighted by atomic mass is 10.1. The summed E-state index contributed by atoms with van der Waals surface area (Å²) in [6.45, 7) is 3.35. The molecule has 26 heavy (non-hydrogen) atoms. The van der Waals surface area contributed by atoms with Crippen molar-refractivity contribution in [1.29, 1.82) is 0 Å². The zero-order chi connectivity index (χ0) is 18.5. The van der Waals surface area contributed by atoms with Gasteiger partial charge in [-0.1, -0.05) is 30.3 Å². The highest BCUT2D eigenvalue weighted by molar-refractivity contribution is 5.94. The third kappa shape index (κ3) is 3.49. The monoisotopic (exact) mass is 350 g/mol. The highest BCUT2D eigenvalue weighted by atomic mass is 16.5. The average Bonchev–Trinajstić information content (AvgIpc) is 2.68. The zero-order valence-electron chi connectivity index (χ0n) is 14.1. The standard InChI is InChI=1S/C20H18N2O4/c1-2-11-21-18(23)13-26-19(24)12-22-16-9-5-3-7-14(16)20(25)15-8-4-6-10-17(15)22/h2-10H,1,11-13H2,(H,21,23). The Morgan fingerprint density at radius 3 is 2.19 bits per heavy atom. The highest BCUT2D eigenvalue weighted by Gasteiger charge is 2.14. The Bertz CT molecular complexity index is 993. The third-order valence-corrected chi connectivity index (χ3v) is 3.97. The molecule has 1 N–H and O–H groups in total. The predicted octanol–water partition coefficient (Wildman–Crippen LogP) is 2.00. The van der Waals surface area contributed by atoms with Gasteiger partial charge in [-0.05, 0) is 24.3 Å². The van der Waals surface area contributed by atoms with Gasteiger partial charge in [0.25, 0.3) is 5.91 Å². The summed E-state index contributed by atoms with van der Waals surface area (Å²) in [5.74, 6) is -0.953. The van der Waals surface area contributed by atoms with Crippen LogP contribution in [0.1, 0.15) is 0 Å². The summed E-state index contributed by atoms with van der Waals surface area (Å²) in [5, 5.41) is 3.60. The maximum absolute atomic E-state index is 12.7. The number of fused-ring (bicyclic) bond motifs is 2. The summed E-state index contributed by atoms with van der Waals surface area (Å²) in [7, 11) is 0. The molecule has 0 aliphatic rings. The van der Waals surface area contributed by atoms with Gasteiger partial charge >= 0.3 is 5.97 Å². The van der Waals surface area contributed by atoms with Crippen LogP contribution in [0.3, 0.4) is 0 Å². The smallest absolute Gasteiger partial charge is 0.326 e. The second-order valence-corrected chi connectivity index (χ2v) is 5.70. The summed E-state index contributed by atoms with van der Waals surface area (Å²) in [6, 6.07) is 14.2. The largest absolute Gasteiger partial charge is 0.454 e. The molecule has 1 aromatic heterocycles. The first-order chi connectivity index (χ1) is 12.6. The summed E-state index contributed by atoms with van der Waals surface area (Å²) in [5.41, 5.74) is 1.21. The molecular formula is C20H18N2O4.